The maximum absolute atomic E-state index is 13.2. The minimum absolute atomic E-state index is 0.119. The van der Waals surface area contributed by atoms with Gasteiger partial charge in [0.05, 0.1) is 23.2 Å². The topological polar surface area (TPSA) is 76.8 Å². The van der Waals surface area contributed by atoms with E-state index >= 15 is 0 Å². The molecular formula is C23H21F3N4O3. The summed E-state index contributed by atoms with van der Waals surface area (Å²) in [5.74, 6) is -1.59. The third-order valence-electron chi connectivity index (χ3n) is 4.82. The van der Waals surface area contributed by atoms with Crippen molar-refractivity contribution < 1.29 is 27.5 Å². The molecule has 0 spiro atoms. The minimum Gasteiger partial charge on any atom is -0.452 e. The van der Waals surface area contributed by atoms with Gasteiger partial charge in [-0.3, -0.25) is 9.48 Å². The Labute approximate surface area is 188 Å². The van der Waals surface area contributed by atoms with Crippen LogP contribution in [0.25, 0.3) is 0 Å². The normalized spacial score (nSPS) is 11.6. The molecule has 0 bridgehead atoms. The number of alkyl halides is 3. The maximum atomic E-state index is 13.2. The van der Waals surface area contributed by atoms with Gasteiger partial charge in [0.2, 0.25) is 0 Å². The highest BCUT2D eigenvalue weighted by Gasteiger charge is 2.31. The Bertz CT molecular complexity index is 1190. The fraction of sp³-hybridized carbons (Fsp3) is 0.217. The number of hydrazone groups is 1. The number of hydrogen-bond donors (Lipinski definition) is 0. The predicted octanol–water partition coefficient (Wildman–Crippen LogP) is 4.28. The first-order chi connectivity index (χ1) is 15.6. The summed E-state index contributed by atoms with van der Waals surface area (Å²) in [6.07, 6.45) is -3.27. The number of anilines is 1. The highest BCUT2D eigenvalue weighted by atomic mass is 19.4. The van der Waals surface area contributed by atoms with Gasteiger partial charge in [0.25, 0.3) is 5.91 Å². The SMILES string of the molecule is Cc1nn(C)c(C)c1C(=O)OCC(=O)N(/N=C/c1ccccc1)c1cccc(C(F)(F)F)c1. The Morgan fingerprint density at radius 3 is 2.42 bits per heavy atom. The third kappa shape index (κ3) is 5.65. The van der Waals surface area contributed by atoms with E-state index in [4.69, 9.17) is 4.74 Å². The molecule has 1 heterocycles. The molecule has 0 aliphatic carbocycles. The molecule has 0 fully saturated rings. The summed E-state index contributed by atoms with van der Waals surface area (Å²) < 4.78 is 46.2. The van der Waals surface area contributed by atoms with Gasteiger partial charge in [-0.15, -0.1) is 0 Å². The molecule has 0 saturated heterocycles. The Kier molecular flexibility index (Phi) is 6.95. The fourth-order valence-electron chi connectivity index (χ4n) is 3.08. The van der Waals surface area contributed by atoms with E-state index in [1.807, 2.05) is 0 Å². The Balaban J connectivity index is 1.86. The summed E-state index contributed by atoms with van der Waals surface area (Å²) in [4.78, 5) is 25.4. The molecule has 0 aliphatic rings. The second-order valence-corrected chi connectivity index (χ2v) is 7.15. The molecule has 2 aromatic carbocycles. The lowest BCUT2D eigenvalue weighted by molar-refractivity contribution is -0.137. The summed E-state index contributed by atoms with van der Waals surface area (Å²) in [6.45, 7) is 2.58. The first-order valence-electron chi connectivity index (χ1n) is 9.84. The van der Waals surface area contributed by atoms with Gasteiger partial charge in [0.15, 0.2) is 6.61 Å². The summed E-state index contributed by atoms with van der Waals surface area (Å²) in [6, 6.07) is 12.9. The van der Waals surface area contributed by atoms with E-state index in [2.05, 4.69) is 10.2 Å². The zero-order valence-corrected chi connectivity index (χ0v) is 18.1. The number of benzene rings is 2. The van der Waals surface area contributed by atoms with Crippen LogP contribution < -0.4 is 5.01 Å². The molecule has 7 nitrogen and oxygen atoms in total. The van der Waals surface area contributed by atoms with E-state index in [0.717, 1.165) is 17.1 Å². The second-order valence-electron chi connectivity index (χ2n) is 7.15. The first-order valence-corrected chi connectivity index (χ1v) is 9.84. The fourth-order valence-corrected chi connectivity index (χ4v) is 3.08. The summed E-state index contributed by atoms with van der Waals surface area (Å²) >= 11 is 0. The molecule has 0 unspecified atom stereocenters. The van der Waals surface area contributed by atoms with Crippen molar-refractivity contribution in [3.05, 3.63) is 82.7 Å². The van der Waals surface area contributed by atoms with Gasteiger partial charge in [0.1, 0.15) is 5.56 Å². The van der Waals surface area contributed by atoms with Gasteiger partial charge in [-0.05, 0) is 37.6 Å². The number of aromatic nitrogens is 2. The number of ether oxygens (including phenoxy) is 1. The number of carbonyl (C=O) groups excluding carboxylic acids is 2. The molecule has 3 aromatic rings. The van der Waals surface area contributed by atoms with Gasteiger partial charge in [-0.1, -0.05) is 36.4 Å². The Morgan fingerprint density at radius 1 is 1.12 bits per heavy atom. The number of hydrogen-bond acceptors (Lipinski definition) is 5. The molecule has 3 rings (SSSR count). The summed E-state index contributed by atoms with van der Waals surface area (Å²) in [7, 11) is 1.66. The number of carbonyl (C=O) groups is 2. The van der Waals surface area contributed by atoms with Crippen molar-refractivity contribution in [2.75, 3.05) is 11.6 Å². The largest absolute Gasteiger partial charge is 0.452 e. The highest BCUT2D eigenvalue weighted by Crippen LogP contribution is 2.31. The molecule has 0 aliphatic heterocycles. The molecule has 0 N–H and O–H groups in total. The van der Waals surface area contributed by atoms with E-state index in [-0.39, 0.29) is 11.3 Å². The molecule has 172 valence electrons. The summed E-state index contributed by atoms with van der Waals surface area (Å²) in [5.41, 5.74) is 0.786. The van der Waals surface area contributed by atoms with Crippen LogP contribution in [0.3, 0.4) is 0 Å². The van der Waals surface area contributed by atoms with Gasteiger partial charge in [-0.25, -0.2) is 4.79 Å². The lowest BCUT2D eigenvalue weighted by Crippen LogP contribution is -2.31. The zero-order valence-electron chi connectivity index (χ0n) is 18.1. The van der Waals surface area contributed by atoms with Crippen LogP contribution in [0.1, 0.15) is 32.9 Å². The molecule has 1 amide bonds. The van der Waals surface area contributed by atoms with Crippen LogP contribution in [0.5, 0.6) is 0 Å². The Hall–Kier alpha value is -3.95. The van der Waals surface area contributed by atoms with Crippen molar-refractivity contribution in [2.45, 2.75) is 20.0 Å². The van der Waals surface area contributed by atoms with Crippen molar-refractivity contribution in [1.29, 1.82) is 0 Å². The lowest BCUT2D eigenvalue weighted by atomic mass is 10.2. The second kappa shape index (κ2) is 9.68. The molecule has 0 saturated carbocycles. The number of aryl methyl sites for hydroxylation is 2. The number of nitrogens with zero attached hydrogens (tertiary/aromatic N) is 4. The molecule has 1 aromatic heterocycles. The van der Waals surface area contributed by atoms with Gasteiger partial charge in [0, 0.05) is 12.7 Å². The van der Waals surface area contributed by atoms with E-state index in [9.17, 15) is 22.8 Å². The van der Waals surface area contributed by atoms with Crippen LogP contribution in [-0.2, 0) is 22.8 Å². The molecular weight excluding hydrogens is 437 g/mol. The van der Waals surface area contributed by atoms with Gasteiger partial charge >= 0.3 is 12.1 Å². The van der Waals surface area contributed by atoms with Crippen LogP contribution in [0, 0.1) is 13.8 Å². The molecule has 33 heavy (non-hydrogen) atoms. The standard InChI is InChI=1S/C23H21F3N4O3/c1-15-21(16(2)29(3)28-15)22(32)33-14-20(31)30(27-13-17-8-5-4-6-9-17)19-11-7-10-18(12-19)23(24,25)26/h4-13H,14H2,1-3H3/b27-13+. The van der Waals surface area contributed by atoms with E-state index in [1.54, 1.807) is 51.2 Å². The summed E-state index contributed by atoms with van der Waals surface area (Å²) in [5, 5.41) is 8.96. The molecule has 10 heteroatoms. The van der Waals surface area contributed by atoms with Crippen LogP contribution in [0.15, 0.2) is 59.7 Å². The average molecular weight is 458 g/mol. The lowest BCUT2D eigenvalue weighted by Gasteiger charge is -2.18. The molecule has 0 radical (unpaired) electrons. The van der Waals surface area contributed by atoms with Crippen LogP contribution in [0.2, 0.25) is 0 Å². The van der Waals surface area contributed by atoms with Crippen molar-refractivity contribution in [3.8, 4) is 0 Å². The average Bonchev–Trinajstić information content (AvgIpc) is 3.03. The van der Waals surface area contributed by atoms with E-state index in [1.165, 1.54) is 23.0 Å². The Morgan fingerprint density at radius 2 is 1.82 bits per heavy atom. The number of esters is 1. The van der Waals surface area contributed by atoms with Crippen molar-refractivity contribution in [3.63, 3.8) is 0 Å². The van der Waals surface area contributed by atoms with Crippen LogP contribution in [-0.4, -0.2) is 34.5 Å². The quantitative estimate of drug-likeness (QED) is 0.314. The monoisotopic (exact) mass is 458 g/mol. The van der Waals surface area contributed by atoms with Crippen LogP contribution >= 0.6 is 0 Å². The van der Waals surface area contributed by atoms with Crippen molar-refractivity contribution in [1.82, 2.24) is 9.78 Å². The smallest absolute Gasteiger partial charge is 0.416 e. The third-order valence-corrected chi connectivity index (χ3v) is 4.82. The number of halogens is 3. The minimum atomic E-state index is -4.60. The van der Waals surface area contributed by atoms with E-state index < -0.39 is 30.2 Å². The van der Waals surface area contributed by atoms with Gasteiger partial charge in [-0.2, -0.15) is 28.4 Å². The highest BCUT2D eigenvalue weighted by molar-refractivity contribution is 5.98. The van der Waals surface area contributed by atoms with Crippen LogP contribution in [0.4, 0.5) is 18.9 Å². The number of rotatable bonds is 6. The van der Waals surface area contributed by atoms with Crippen molar-refractivity contribution >= 4 is 23.8 Å². The van der Waals surface area contributed by atoms with Crippen molar-refractivity contribution in [2.24, 2.45) is 12.1 Å². The van der Waals surface area contributed by atoms with E-state index in [0.29, 0.717) is 17.0 Å². The first kappa shape index (κ1) is 23.7. The predicted molar refractivity (Wildman–Crippen MR) is 116 cm³/mol. The zero-order chi connectivity index (χ0) is 24.2. The molecule has 0 atom stereocenters. The maximum Gasteiger partial charge on any atom is 0.416 e. The van der Waals surface area contributed by atoms with Gasteiger partial charge < -0.3 is 4.74 Å². The number of amides is 1.